The molecule has 148 valence electrons. The van der Waals surface area contributed by atoms with Gasteiger partial charge in [-0.05, 0) is 41.8 Å². The zero-order chi connectivity index (χ0) is 20.3. The van der Waals surface area contributed by atoms with Gasteiger partial charge in [0.2, 0.25) is 0 Å². The first kappa shape index (κ1) is 20.1. The Morgan fingerprint density at radius 2 is 1.62 bits per heavy atom. The Kier molecular flexibility index (Phi) is 7.41. The summed E-state index contributed by atoms with van der Waals surface area (Å²) in [6.07, 6.45) is 2.53. The highest BCUT2D eigenvalue weighted by Gasteiger charge is 2.04. The normalized spacial score (nSPS) is 10.7. The fourth-order valence-electron chi connectivity index (χ4n) is 2.63. The SMILES string of the molecule is CCc1ccc(OCC(=O)NN=Cc2ccccc2OCc2ccccc2)cc1. The molecule has 0 aromatic heterocycles. The predicted molar refractivity (Wildman–Crippen MR) is 114 cm³/mol. The number of hydrogen-bond acceptors (Lipinski definition) is 4. The molecule has 0 spiro atoms. The molecule has 0 atom stereocenters. The Bertz CT molecular complexity index is 938. The van der Waals surface area contributed by atoms with Crippen LogP contribution in [-0.2, 0) is 17.8 Å². The zero-order valence-electron chi connectivity index (χ0n) is 16.4. The monoisotopic (exact) mass is 388 g/mol. The van der Waals surface area contributed by atoms with Crippen molar-refractivity contribution in [1.82, 2.24) is 5.43 Å². The minimum atomic E-state index is -0.330. The van der Waals surface area contributed by atoms with Crippen molar-refractivity contribution in [3.8, 4) is 11.5 Å². The standard InChI is InChI=1S/C24H24N2O3/c1-2-19-12-14-22(15-13-19)28-18-24(27)26-25-16-21-10-6-7-11-23(21)29-17-20-8-4-3-5-9-20/h3-16H,2,17-18H2,1H3,(H,26,27). The minimum absolute atomic E-state index is 0.102. The van der Waals surface area contributed by atoms with E-state index in [1.54, 1.807) is 6.21 Å². The molecule has 3 aromatic rings. The van der Waals surface area contributed by atoms with E-state index in [0.29, 0.717) is 18.1 Å². The van der Waals surface area contributed by atoms with Gasteiger partial charge in [-0.25, -0.2) is 5.43 Å². The summed E-state index contributed by atoms with van der Waals surface area (Å²) in [6.45, 7) is 2.45. The van der Waals surface area contributed by atoms with E-state index in [1.807, 2.05) is 78.9 Å². The Labute approximate surface area is 171 Å². The van der Waals surface area contributed by atoms with E-state index in [4.69, 9.17) is 9.47 Å². The van der Waals surface area contributed by atoms with E-state index in [1.165, 1.54) is 5.56 Å². The lowest BCUT2D eigenvalue weighted by Crippen LogP contribution is -2.24. The van der Waals surface area contributed by atoms with Crippen LogP contribution >= 0.6 is 0 Å². The maximum absolute atomic E-state index is 11.9. The average molecular weight is 388 g/mol. The van der Waals surface area contributed by atoms with Gasteiger partial charge in [0.1, 0.15) is 18.1 Å². The Morgan fingerprint density at radius 1 is 0.897 bits per heavy atom. The van der Waals surface area contributed by atoms with Crippen LogP contribution in [0.25, 0.3) is 0 Å². The number of nitrogens with zero attached hydrogens (tertiary/aromatic N) is 1. The maximum Gasteiger partial charge on any atom is 0.277 e. The highest BCUT2D eigenvalue weighted by atomic mass is 16.5. The molecule has 0 heterocycles. The largest absolute Gasteiger partial charge is 0.488 e. The molecule has 0 aliphatic carbocycles. The van der Waals surface area contributed by atoms with Crippen molar-refractivity contribution in [2.75, 3.05) is 6.61 Å². The molecule has 3 rings (SSSR count). The number of hydrazone groups is 1. The summed E-state index contributed by atoms with van der Waals surface area (Å²) in [5, 5.41) is 4.01. The van der Waals surface area contributed by atoms with Crippen molar-refractivity contribution < 1.29 is 14.3 Å². The highest BCUT2D eigenvalue weighted by Crippen LogP contribution is 2.17. The molecular weight excluding hydrogens is 364 g/mol. The van der Waals surface area contributed by atoms with Crippen molar-refractivity contribution >= 4 is 12.1 Å². The third-order valence-electron chi connectivity index (χ3n) is 4.25. The molecule has 0 saturated heterocycles. The topological polar surface area (TPSA) is 59.9 Å². The third kappa shape index (κ3) is 6.50. The van der Waals surface area contributed by atoms with Gasteiger partial charge < -0.3 is 9.47 Å². The lowest BCUT2D eigenvalue weighted by Gasteiger charge is -2.09. The highest BCUT2D eigenvalue weighted by molar-refractivity contribution is 5.85. The number of amides is 1. The van der Waals surface area contributed by atoms with Gasteiger partial charge in [0.25, 0.3) is 5.91 Å². The second-order valence-corrected chi connectivity index (χ2v) is 6.39. The molecule has 29 heavy (non-hydrogen) atoms. The summed E-state index contributed by atoms with van der Waals surface area (Å²) in [5.74, 6) is 1.02. The van der Waals surface area contributed by atoms with Crippen LogP contribution in [0.2, 0.25) is 0 Å². The molecule has 0 fully saturated rings. The molecule has 0 aliphatic rings. The van der Waals surface area contributed by atoms with Crippen LogP contribution in [0.1, 0.15) is 23.6 Å². The van der Waals surface area contributed by atoms with Gasteiger partial charge >= 0.3 is 0 Å². The van der Waals surface area contributed by atoms with E-state index >= 15 is 0 Å². The second kappa shape index (κ2) is 10.7. The number of ether oxygens (including phenoxy) is 2. The number of benzene rings is 3. The zero-order valence-corrected chi connectivity index (χ0v) is 16.4. The summed E-state index contributed by atoms with van der Waals surface area (Å²) in [4.78, 5) is 11.9. The van der Waals surface area contributed by atoms with Gasteiger partial charge in [-0.3, -0.25) is 4.79 Å². The van der Waals surface area contributed by atoms with Crippen LogP contribution in [0.3, 0.4) is 0 Å². The predicted octanol–water partition coefficient (Wildman–Crippen LogP) is 4.36. The molecule has 5 nitrogen and oxygen atoms in total. The van der Waals surface area contributed by atoms with Crippen molar-refractivity contribution in [3.05, 3.63) is 95.6 Å². The van der Waals surface area contributed by atoms with Crippen molar-refractivity contribution in [2.24, 2.45) is 5.10 Å². The summed E-state index contributed by atoms with van der Waals surface area (Å²) in [7, 11) is 0. The molecular formula is C24H24N2O3. The second-order valence-electron chi connectivity index (χ2n) is 6.39. The molecule has 0 saturated carbocycles. The maximum atomic E-state index is 11.9. The van der Waals surface area contributed by atoms with Gasteiger partial charge in [0.05, 0.1) is 6.21 Å². The summed E-state index contributed by atoms with van der Waals surface area (Å²) in [6, 6.07) is 25.1. The van der Waals surface area contributed by atoms with Crippen molar-refractivity contribution in [3.63, 3.8) is 0 Å². The molecule has 3 aromatic carbocycles. The minimum Gasteiger partial charge on any atom is -0.488 e. The average Bonchev–Trinajstić information content (AvgIpc) is 2.78. The fraction of sp³-hybridized carbons (Fsp3) is 0.167. The van der Waals surface area contributed by atoms with Gasteiger partial charge in [-0.2, -0.15) is 5.10 Å². The summed E-state index contributed by atoms with van der Waals surface area (Å²) in [5.41, 5.74) is 5.55. The Hall–Kier alpha value is -3.60. The number of rotatable bonds is 9. The molecule has 5 heteroatoms. The molecule has 1 amide bonds. The Balaban J connectivity index is 1.49. The molecule has 0 aliphatic heterocycles. The number of hydrogen-bond donors (Lipinski definition) is 1. The number of carbonyl (C=O) groups excluding carboxylic acids is 1. The molecule has 0 unspecified atom stereocenters. The van der Waals surface area contributed by atoms with Crippen molar-refractivity contribution in [2.45, 2.75) is 20.0 Å². The lowest BCUT2D eigenvalue weighted by molar-refractivity contribution is -0.123. The van der Waals surface area contributed by atoms with E-state index in [0.717, 1.165) is 17.5 Å². The number of para-hydroxylation sites is 1. The van der Waals surface area contributed by atoms with E-state index in [2.05, 4.69) is 17.5 Å². The van der Waals surface area contributed by atoms with E-state index in [9.17, 15) is 4.79 Å². The van der Waals surface area contributed by atoms with Crippen LogP contribution in [0.15, 0.2) is 84.0 Å². The van der Waals surface area contributed by atoms with Crippen LogP contribution in [0, 0.1) is 0 Å². The summed E-state index contributed by atoms with van der Waals surface area (Å²) < 4.78 is 11.3. The molecule has 1 N–H and O–H groups in total. The van der Waals surface area contributed by atoms with Crippen molar-refractivity contribution in [1.29, 1.82) is 0 Å². The van der Waals surface area contributed by atoms with Gasteiger partial charge in [0, 0.05) is 5.56 Å². The quantitative estimate of drug-likeness (QED) is 0.438. The fourth-order valence-corrected chi connectivity index (χ4v) is 2.63. The Morgan fingerprint density at radius 3 is 2.38 bits per heavy atom. The number of carbonyl (C=O) groups is 1. The third-order valence-corrected chi connectivity index (χ3v) is 4.25. The lowest BCUT2D eigenvalue weighted by atomic mass is 10.2. The molecule has 0 bridgehead atoms. The van der Waals surface area contributed by atoms with Gasteiger partial charge in [-0.15, -0.1) is 0 Å². The van der Waals surface area contributed by atoms with E-state index in [-0.39, 0.29) is 12.5 Å². The van der Waals surface area contributed by atoms with Crippen LogP contribution in [-0.4, -0.2) is 18.7 Å². The smallest absolute Gasteiger partial charge is 0.277 e. The van der Waals surface area contributed by atoms with Crippen LogP contribution in [0.4, 0.5) is 0 Å². The van der Waals surface area contributed by atoms with Crippen LogP contribution < -0.4 is 14.9 Å². The first-order valence-electron chi connectivity index (χ1n) is 9.54. The van der Waals surface area contributed by atoms with Crippen LogP contribution in [0.5, 0.6) is 11.5 Å². The summed E-state index contributed by atoms with van der Waals surface area (Å²) >= 11 is 0. The first-order chi connectivity index (χ1) is 14.2. The van der Waals surface area contributed by atoms with Gasteiger partial charge in [0.15, 0.2) is 6.61 Å². The first-order valence-corrected chi connectivity index (χ1v) is 9.54. The number of nitrogens with one attached hydrogen (secondary N) is 1. The van der Waals surface area contributed by atoms with E-state index < -0.39 is 0 Å². The molecule has 0 radical (unpaired) electrons. The number of aryl methyl sites for hydroxylation is 1. The van der Waals surface area contributed by atoms with Gasteiger partial charge in [-0.1, -0.05) is 61.5 Å².